The SMILES string of the molecule is COCCn1cc(CNC(=O)NC2CCC3(CCOCC3)CC2)cn1. The minimum atomic E-state index is -0.0856. The molecule has 2 aliphatic rings. The van der Waals surface area contributed by atoms with E-state index in [0.717, 1.165) is 38.2 Å². The van der Waals surface area contributed by atoms with E-state index in [9.17, 15) is 4.79 Å². The molecule has 140 valence electrons. The van der Waals surface area contributed by atoms with E-state index < -0.39 is 0 Å². The summed E-state index contributed by atoms with van der Waals surface area (Å²) in [6.07, 6.45) is 10.6. The van der Waals surface area contributed by atoms with Gasteiger partial charge in [0.1, 0.15) is 0 Å². The van der Waals surface area contributed by atoms with Gasteiger partial charge in [-0.05, 0) is 43.9 Å². The van der Waals surface area contributed by atoms with Gasteiger partial charge in [0.2, 0.25) is 0 Å². The minimum Gasteiger partial charge on any atom is -0.383 e. The van der Waals surface area contributed by atoms with Gasteiger partial charge in [-0.3, -0.25) is 4.68 Å². The molecule has 2 fully saturated rings. The van der Waals surface area contributed by atoms with Crippen molar-refractivity contribution in [2.75, 3.05) is 26.9 Å². The normalized spacial score (nSPS) is 20.5. The lowest BCUT2D eigenvalue weighted by Crippen LogP contribution is -2.45. The molecule has 1 spiro atoms. The molecule has 1 aliphatic heterocycles. The second-order valence-electron chi connectivity index (χ2n) is 7.32. The number of amides is 2. The molecule has 2 amide bonds. The van der Waals surface area contributed by atoms with Crippen molar-refractivity contribution in [3.05, 3.63) is 18.0 Å². The van der Waals surface area contributed by atoms with Crippen LogP contribution in [0.2, 0.25) is 0 Å². The highest BCUT2D eigenvalue weighted by molar-refractivity contribution is 5.74. The van der Waals surface area contributed by atoms with Crippen LogP contribution in [-0.4, -0.2) is 48.8 Å². The van der Waals surface area contributed by atoms with Gasteiger partial charge in [-0.25, -0.2) is 4.79 Å². The van der Waals surface area contributed by atoms with Gasteiger partial charge in [-0.2, -0.15) is 5.10 Å². The first-order valence-electron chi connectivity index (χ1n) is 9.31. The number of rotatable bonds is 6. The van der Waals surface area contributed by atoms with Gasteiger partial charge in [0.05, 0.1) is 19.3 Å². The molecule has 2 N–H and O–H groups in total. The van der Waals surface area contributed by atoms with E-state index in [0.29, 0.717) is 18.6 Å². The largest absolute Gasteiger partial charge is 0.383 e. The Bertz CT molecular complexity index is 544. The van der Waals surface area contributed by atoms with Gasteiger partial charge in [0.25, 0.3) is 0 Å². The molecule has 1 aromatic rings. The van der Waals surface area contributed by atoms with E-state index in [1.807, 2.05) is 10.9 Å². The third kappa shape index (κ3) is 5.19. The van der Waals surface area contributed by atoms with Crippen LogP contribution >= 0.6 is 0 Å². The number of urea groups is 1. The summed E-state index contributed by atoms with van der Waals surface area (Å²) in [5.41, 5.74) is 1.47. The van der Waals surface area contributed by atoms with E-state index >= 15 is 0 Å². The first-order valence-corrected chi connectivity index (χ1v) is 9.31. The predicted molar refractivity (Wildman–Crippen MR) is 94.2 cm³/mol. The molecule has 1 saturated carbocycles. The van der Waals surface area contributed by atoms with Gasteiger partial charge in [-0.1, -0.05) is 0 Å². The molecule has 0 radical (unpaired) electrons. The zero-order valence-corrected chi connectivity index (χ0v) is 15.1. The average Bonchev–Trinajstić information content (AvgIpc) is 3.09. The monoisotopic (exact) mass is 350 g/mol. The fourth-order valence-electron chi connectivity index (χ4n) is 3.90. The number of aromatic nitrogens is 2. The van der Waals surface area contributed by atoms with E-state index in [1.165, 1.54) is 25.7 Å². The van der Waals surface area contributed by atoms with Crippen molar-refractivity contribution < 1.29 is 14.3 Å². The maximum atomic E-state index is 12.1. The van der Waals surface area contributed by atoms with Crippen LogP contribution in [0, 0.1) is 5.41 Å². The van der Waals surface area contributed by atoms with Crippen molar-refractivity contribution in [1.29, 1.82) is 0 Å². The van der Waals surface area contributed by atoms with Crippen molar-refractivity contribution in [3.8, 4) is 0 Å². The van der Waals surface area contributed by atoms with Crippen molar-refractivity contribution >= 4 is 6.03 Å². The van der Waals surface area contributed by atoms with Gasteiger partial charge in [0.15, 0.2) is 0 Å². The Hall–Kier alpha value is -1.60. The molecule has 7 heteroatoms. The van der Waals surface area contributed by atoms with Crippen LogP contribution in [0.15, 0.2) is 12.4 Å². The van der Waals surface area contributed by atoms with Crippen molar-refractivity contribution in [2.24, 2.45) is 5.41 Å². The van der Waals surface area contributed by atoms with Crippen LogP contribution in [0.25, 0.3) is 0 Å². The average molecular weight is 350 g/mol. The zero-order valence-electron chi connectivity index (χ0n) is 15.1. The van der Waals surface area contributed by atoms with Gasteiger partial charge in [-0.15, -0.1) is 0 Å². The lowest BCUT2D eigenvalue weighted by atomic mass is 9.68. The maximum absolute atomic E-state index is 12.1. The zero-order chi connectivity index (χ0) is 17.5. The Kier molecular flexibility index (Phi) is 6.31. The first-order chi connectivity index (χ1) is 12.2. The van der Waals surface area contributed by atoms with Crippen LogP contribution in [0.4, 0.5) is 4.79 Å². The molecule has 0 atom stereocenters. The summed E-state index contributed by atoms with van der Waals surface area (Å²) in [7, 11) is 1.67. The summed E-state index contributed by atoms with van der Waals surface area (Å²) in [5, 5.41) is 10.3. The van der Waals surface area contributed by atoms with E-state index in [1.54, 1.807) is 13.3 Å². The number of carbonyl (C=O) groups is 1. The third-order valence-electron chi connectivity index (χ3n) is 5.60. The van der Waals surface area contributed by atoms with Crippen LogP contribution < -0.4 is 10.6 Å². The molecule has 2 heterocycles. The summed E-state index contributed by atoms with van der Waals surface area (Å²) >= 11 is 0. The third-order valence-corrected chi connectivity index (χ3v) is 5.60. The highest BCUT2D eigenvalue weighted by Gasteiger charge is 2.36. The van der Waals surface area contributed by atoms with E-state index in [-0.39, 0.29) is 12.1 Å². The number of methoxy groups -OCH3 is 1. The molecule has 0 bridgehead atoms. The standard InChI is InChI=1S/C18H30N4O3/c1-24-11-8-22-14-15(13-20-22)12-19-17(23)21-16-2-4-18(5-3-16)6-9-25-10-7-18/h13-14,16H,2-12H2,1H3,(H2,19,21,23). The Morgan fingerprint density at radius 1 is 1.36 bits per heavy atom. The fourth-order valence-corrected chi connectivity index (χ4v) is 3.90. The Morgan fingerprint density at radius 3 is 2.84 bits per heavy atom. The Labute approximate surface area is 149 Å². The quantitative estimate of drug-likeness (QED) is 0.823. The fraction of sp³-hybridized carbons (Fsp3) is 0.778. The summed E-state index contributed by atoms with van der Waals surface area (Å²) < 4.78 is 12.4. The van der Waals surface area contributed by atoms with Crippen molar-refractivity contribution in [3.63, 3.8) is 0 Å². The van der Waals surface area contributed by atoms with E-state index in [4.69, 9.17) is 9.47 Å². The summed E-state index contributed by atoms with van der Waals surface area (Å²) in [6, 6.07) is 0.204. The molecule has 1 aliphatic carbocycles. The molecule has 1 saturated heterocycles. The highest BCUT2D eigenvalue weighted by atomic mass is 16.5. The summed E-state index contributed by atoms with van der Waals surface area (Å²) in [6.45, 7) is 3.64. The number of hydrogen-bond acceptors (Lipinski definition) is 4. The van der Waals surface area contributed by atoms with Gasteiger partial charge >= 0.3 is 6.03 Å². The number of nitrogens with one attached hydrogen (secondary N) is 2. The summed E-state index contributed by atoms with van der Waals surface area (Å²) in [4.78, 5) is 12.1. The predicted octanol–water partition coefficient (Wildman–Crippen LogP) is 2.07. The summed E-state index contributed by atoms with van der Waals surface area (Å²) in [5.74, 6) is 0. The van der Waals surface area contributed by atoms with Crippen LogP contribution in [0.5, 0.6) is 0 Å². The molecule has 1 aromatic heterocycles. The number of hydrogen-bond donors (Lipinski definition) is 2. The molecule has 25 heavy (non-hydrogen) atoms. The topological polar surface area (TPSA) is 77.4 Å². The lowest BCUT2D eigenvalue weighted by Gasteiger charge is -2.42. The Morgan fingerprint density at radius 2 is 2.12 bits per heavy atom. The van der Waals surface area contributed by atoms with Crippen molar-refractivity contribution in [1.82, 2.24) is 20.4 Å². The van der Waals surface area contributed by atoms with Gasteiger partial charge < -0.3 is 20.1 Å². The first kappa shape index (κ1) is 18.2. The second-order valence-corrected chi connectivity index (χ2v) is 7.32. The number of nitrogens with zero attached hydrogens (tertiary/aromatic N) is 2. The molecular formula is C18H30N4O3. The van der Waals surface area contributed by atoms with Crippen LogP contribution in [-0.2, 0) is 22.6 Å². The van der Waals surface area contributed by atoms with E-state index in [2.05, 4.69) is 15.7 Å². The molecule has 3 rings (SSSR count). The van der Waals surface area contributed by atoms with Gasteiger partial charge in [0, 0.05) is 44.7 Å². The molecule has 0 unspecified atom stereocenters. The smallest absolute Gasteiger partial charge is 0.315 e. The maximum Gasteiger partial charge on any atom is 0.315 e. The molecular weight excluding hydrogens is 320 g/mol. The number of ether oxygens (including phenoxy) is 2. The molecule has 7 nitrogen and oxygen atoms in total. The number of carbonyl (C=O) groups excluding carboxylic acids is 1. The Balaban J connectivity index is 1.36. The minimum absolute atomic E-state index is 0.0856. The van der Waals surface area contributed by atoms with Crippen LogP contribution in [0.3, 0.4) is 0 Å². The van der Waals surface area contributed by atoms with Crippen LogP contribution in [0.1, 0.15) is 44.1 Å². The second kappa shape index (κ2) is 8.67. The van der Waals surface area contributed by atoms with Crippen molar-refractivity contribution in [2.45, 2.75) is 57.7 Å². The lowest BCUT2D eigenvalue weighted by molar-refractivity contribution is -0.00860. The molecule has 0 aromatic carbocycles. The highest BCUT2D eigenvalue weighted by Crippen LogP contribution is 2.43.